The first-order valence-corrected chi connectivity index (χ1v) is 10.4. The van der Waals surface area contributed by atoms with Crippen LogP contribution in [0.1, 0.15) is 30.3 Å². The molecule has 8 heteroatoms. The Balaban J connectivity index is 1.40. The maximum Gasteiger partial charge on any atom is 0.289 e. The summed E-state index contributed by atoms with van der Waals surface area (Å²) < 4.78 is 10.6. The molecule has 2 aliphatic heterocycles. The second kappa shape index (κ2) is 11.1. The maximum absolute atomic E-state index is 12.4. The Kier molecular flexibility index (Phi) is 8.17. The van der Waals surface area contributed by atoms with Crippen LogP contribution in [-0.4, -0.2) is 98.7 Å². The van der Waals surface area contributed by atoms with Gasteiger partial charge in [0.2, 0.25) is 0 Å². The molecule has 1 amide bonds. The maximum atomic E-state index is 12.4. The lowest BCUT2D eigenvalue weighted by molar-refractivity contribution is 0.0373. The highest BCUT2D eigenvalue weighted by atomic mass is 16.5. The number of ether oxygens (including phenoxy) is 1. The van der Waals surface area contributed by atoms with E-state index >= 15 is 0 Å². The summed E-state index contributed by atoms with van der Waals surface area (Å²) >= 11 is 0. The van der Waals surface area contributed by atoms with Gasteiger partial charge in [0, 0.05) is 52.4 Å². The van der Waals surface area contributed by atoms with Crippen molar-refractivity contribution in [3.63, 3.8) is 0 Å². The van der Waals surface area contributed by atoms with Gasteiger partial charge in [-0.1, -0.05) is 0 Å². The molecule has 156 valence electrons. The Morgan fingerprint density at radius 1 is 1.11 bits per heavy atom. The summed E-state index contributed by atoms with van der Waals surface area (Å²) in [4.78, 5) is 23.8. The fraction of sp³-hybridized carbons (Fsp3) is 0.700. The third-order valence-corrected chi connectivity index (χ3v) is 5.18. The topological polar surface area (TPSA) is 73.6 Å². The fourth-order valence-electron chi connectivity index (χ4n) is 3.56. The Morgan fingerprint density at radius 2 is 1.86 bits per heavy atom. The molecule has 0 radical (unpaired) electrons. The van der Waals surface area contributed by atoms with Crippen molar-refractivity contribution in [2.24, 2.45) is 4.99 Å². The van der Waals surface area contributed by atoms with Crippen LogP contribution in [0, 0.1) is 0 Å². The van der Waals surface area contributed by atoms with E-state index in [9.17, 15) is 4.79 Å². The lowest BCUT2D eigenvalue weighted by atomic mass is 10.2. The first kappa shape index (κ1) is 20.7. The standard InChI is InChI=1S/C20H33N5O3/c1-2-21-20(22-7-3-4-8-23-13-16-27-17-14-23)25-11-9-24(10-12-25)19(26)18-6-5-15-28-18/h5-6,15H,2-4,7-14,16-17H2,1H3,(H,21,22). The second-order valence-electron chi connectivity index (χ2n) is 7.15. The summed E-state index contributed by atoms with van der Waals surface area (Å²) in [6.45, 7) is 11.6. The SMILES string of the molecule is CCNC(=NCCCCN1CCOCC1)N1CCN(C(=O)c2ccco2)CC1. The molecule has 0 bridgehead atoms. The predicted octanol–water partition coefficient (Wildman–Crippen LogP) is 1.12. The lowest BCUT2D eigenvalue weighted by Gasteiger charge is -2.36. The highest BCUT2D eigenvalue weighted by Crippen LogP contribution is 2.10. The summed E-state index contributed by atoms with van der Waals surface area (Å²) in [5.41, 5.74) is 0. The summed E-state index contributed by atoms with van der Waals surface area (Å²) in [5, 5.41) is 3.39. The van der Waals surface area contributed by atoms with Crippen LogP contribution >= 0.6 is 0 Å². The number of hydrogen-bond acceptors (Lipinski definition) is 5. The molecule has 0 aliphatic carbocycles. The minimum atomic E-state index is -0.0327. The summed E-state index contributed by atoms with van der Waals surface area (Å²) in [6, 6.07) is 3.47. The van der Waals surface area contributed by atoms with Crippen LogP contribution in [0.5, 0.6) is 0 Å². The zero-order valence-corrected chi connectivity index (χ0v) is 16.9. The number of unbranched alkanes of at least 4 members (excludes halogenated alkanes) is 1. The molecule has 3 rings (SSSR count). The number of furan rings is 1. The second-order valence-corrected chi connectivity index (χ2v) is 7.15. The third kappa shape index (κ3) is 5.97. The van der Waals surface area contributed by atoms with Crippen molar-refractivity contribution in [1.82, 2.24) is 20.0 Å². The van der Waals surface area contributed by atoms with Crippen molar-refractivity contribution in [2.75, 3.05) is 72.1 Å². The molecule has 3 heterocycles. The predicted molar refractivity (Wildman–Crippen MR) is 109 cm³/mol. The Labute approximate surface area is 167 Å². The van der Waals surface area contributed by atoms with Gasteiger partial charge in [-0.15, -0.1) is 0 Å². The number of nitrogens with zero attached hydrogens (tertiary/aromatic N) is 4. The van der Waals surface area contributed by atoms with Crippen molar-refractivity contribution in [2.45, 2.75) is 19.8 Å². The van der Waals surface area contributed by atoms with Crippen LogP contribution in [0.2, 0.25) is 0 Å². The average Bonchev–Trinajstić information content (AvgIpc) is 3.28. The monoisotopic (exact) mass is 391 g/mol. The van der Waals surface area contributed by atoms with Crippen molar-refractivity contribution in [1.29, 1.82) is 0 Å². The normalized spacial score (nSPS) is 19.1. The van der Waals surface area contributed by atoms with Gasteiger partial charge < -0.3 is 24.3 Å². The lowest BCUT2D eigenvalue weighted by Crippen LogP contribution is -2.53. The molecule has 2 saturated heterocycles. The molecule has 2 fully saturated rings. The van der Waals surface area contributed by atoms with Gasteiger partial charge in [0.05, 0.1) is 19.5 Å². The Hall–Kier alpha value is -2.06. The first-order chi connectivity index (χ1) is 13.8. The van der Waals surface area contributed by atoms with Gasteiger partial charge >= 0.3 is 0 Å². The van der Waals surface area contributed by atoms with E-state index in [-0.39, 0.29) is 5.91 Å². The number of piperazine rings is 1. The largest absolute Gasteiger partial charge is 0.459 e. The van der Waals surface area contributed by atoms with Crippen LogP contribution in [-0.2, 0) is 4.74 Å². The number of hydrogen-bond donors (Lipinski definition) is 1. The first-order valence-electron chi connectivity index (χ1n) is 10.4. The molecule has 0 unspecified atom stereocenters. The highest BCUT2D eigenvalue weighted by molar-refractivity contribution is 5.91. The number of rotatable bonds is 7. The van der Waals surface area contributed by atoms with Gasteiger partial charge in [-0.3, -0.25) is 14.7 Å². The van der Waals surface area contributed by atoms with E-state index in [0.29, 0.717) is 18.8 Å². The van der Waals surface area contributed by atoms with Gasteiger partial charge in [-0.25, -0.2) is 0 Å². The molecule has 2 aliphatic rings. The molecule has 0 saturated carbocycles. The van der Waals surface area contributed by atoms with Crippen molar-refractivity contribution in [3.05, 3.63) is 24.2 Å². The number of carbonyl (C=O) groups excluding carboxylic acids is 1. The molecule has 1 aromatic heterocycles. The zero-order valence-electron chi connectivity index (χ0n) is 16.9. The van der Waals surface area contributed by atoms with Crippen LogP contribution in [0.4, 0.5) is 0 Å². The Bertz CT molecular complexity index is 605. The summed E-state index contributed by atoms with van der Waals surface area (Å²) in [6.07, 6.45) is 3.79. The zero-order chi connectivity index (χ0) is 19.6. The molecule has 0 spiro atoms. The molecular weight excluding hydrogens is 358 g/mol. The van der Waals surface area contributed by atoms with E-state index in [4.69, 9.17) is 14.1 Å². The number of carbonyl (C=O) groups is 1. The quantitative estimate of drug-likeness (QED) is 0.427. The molecule has 1 N–H and O–H groups in total. The van der Waals surface area contributed by atoms with Crippen LogP contribution in [0.15, 0.2) is 27.8 Å². The van der Waals surface area contributed by atoms with Crippen LogP contribution in [0.3, 0.4) is 0 Å². The van der Waals surface area contributed by atoms with E-state index < -0.39 is 0 Å². The van der Waals surface area contributed by atoms with E-state index in [1.54, 1.807) is 18.4 Å². The minimum Gasteiger partial charge on any atom is -0.459 e. The van der Waals surface area contributed by atoms with Crippen LogP contribution < -0.4 is 5.32 Å². The van der Waals surface area contributed by atoms with Crippen LogP contribution in [0.25, 0.3) is 0 Å². The third-order valence-electron chi connectivity index (χ3n) is 5.18. The Morgan fingerprint density at radius 3 is 2.54 bits per heavy atom. The molecule has 8 nitrogen and oxygen atoms in total. The van der Waals surface area contributed by atoms with E-state index in [0.717, 1.165) is 77.8 Å². The summed E-state index contributed by atoms with van der Waals surface area (Å²) in [7, 11) is 0. The molecule has 0 atom stereocenters. The van der Waals surface area contributed by atoms with Gasteiger partial charge in [0.25, 0.3) is 5.91 Å². The van der Waals surface area contributed by atoms with Gasteiger partial charge in [-0.2, -0.15) is 0 Å². The number of guanidine groups is 1. The number of amides is 1. The van der Waals surface area contributed by atoms with Gasteiger partial charge in [-0.05, 0) is 38.4 Å². The van der Waals surface area contributed by atoms with E-state index in [1.165, 1.54) is 0 Å². The van der Waals surface area contributed by atoms with Crippen molar-refractivity contribution >= 4 is 11.9 Å². The average molecular weight is 392 g/mol. The molecule has 28 heavy (non-hydrogen) atoms. The van der Waals surface area contributed by atoms with Crippen molar-refractivity contribution < 1.29 is 13.9 Å². The highest BCUT2D eigenvalue weighted by Gasteiger charge is 2.25. The van der Waals surface area contributed by atoms with Gasteiger partial charge in [0.1, 0.15) is 0 Å². The van der Waals surface area contributed by atoms with Crippen molar-refractivity contribution in [3.8, 4) is 0 Å². The van der Waals surface area contributed by atoms with E-state index in [2.05, 4.69) is 22.0 Å². The smallest absolute Gasteiger partial charge is 0.289 e. The fourth-order valence-corrected chi connectivity index (χ4v) is 3.56. The molecular formula is C20H33N5O3. The van der Waals surface area contributed by atoms with E-state index in [1.807, 2.05) is 4.90 Å². The molecule has 1 aromatic rings. The van der Waals surface area contributed by atoms with Gasteiger partial charge in [0.15, 0.2) is 11.7 Å². The minimum absolute atomic E-state index is 0.0327. The summed E-state index contributed by atoms with van der Waals surface area (Å²) in [5.74, 6) is 1.34. The number of aliphatic imine (C=N–C) groups is 1. The molecule has 0 aromatic carbocycles. The number of morpholine rings is 1. The number of nitrogens with one attached hydrogen (secondary N) is 1.